The average Bonchev–Trinajstić information content (AvgIpc) is 2.98. The molecule has 2 aromatic rings. The molecule has 0 fully saturated rings. The third-order valence-electron chi connectivity index (χ3n) is 2.88. The number of H-pyrrole nitrogens is 2. The normalized spacial score (nSPS) is 11.8. The number of anilines is 1. The quantitative estimate of drug-likeness (QED) is 0.625. The Morgan fingerprint density at radius 3 is 2.65 bits per heavy atom. The monoisotopic (exact) mass is 298 g/mol. The van der Waals surface area contributed by atoms with Crippen molar-refractivity contribution < 1.29 is 8.42 Å². The third kappa shape index (κ3) is 2.83. The van der Waals surface area contributed by atoms with Crippen molar-refractivity contribution >= 4 is 15.7 Å². The summed E-state index contributed by atoms with van der Waals surface area (Å²) >= 11 is 0. The van der Waals surface area contributed by atoms with Crippen LogP contribution in [0, 0.1) is 13.8 Å². The Hall–Kier alpha value is -1.87. The topological polar surface area (TPSA) is 116 Å². The fourth-order valence-corrected chi connectivity index (χ4v) is 3.12. The number of nitrogens with one attached hydrogen (secondary N) is 4. The highest BCUT2D eigenvalue weighted by Crippen LogP contribution is 2.21. The number of hydrogen-bond acceptors (Lipinski definition) is 5. The van der Waals surface area contributed by atoms with Gasteiger partial charge in [-0.3, -0.25) is 14.9 Å². The molecule has 2 rings (SSSR count). The van der Waals surface area contributed by atoms with Gasteiger partial charge in [0, 0.05) is 12.1 Å². The molecule has 0 aliphatic rings. The third-order valence-corrected chi connectivity index (χ3v) is 4.24. The maximum Gasteiger partial charge on any atom is 0.279 e. The maximum atomic E-state index is 12.4. The van der Waals surface area contributed by atoms with Crippen LogP contribution in [0.5, 0.6) is 0 Å². The number of sulfonamides is 1. The predicted octanol–water partition coefficient (Wildman–Crippen LogP) is 0.660. The zero-order valence-corrected chi connectivity index (χ0v) is 12.4. The second kappa shape index (κ2) is 5.63. The molecule has 4 N–H and O–H groups in total. The van der Waals surface area contributed by atoms with E-state index in [1.807, 2.05) is 6.92 Å². The molecule has 9 heteroatoms. The van der Waals surface area contributed by atoms with Crippen molar-refractivity contribution in [1.29, 1.82) is 0 Å². The van der Waals surface area contributed by atoms with Gasteiger partial charge in [0.1, 0.15) is 0 Å². The highest BCUT2D eigenvalue weighted by atomic mass is 32.2. The van der Waals surface area contributed by atoms with Crippen LogP contribution in [-0.2, 0) is 16.6 Å². The smallest absolute Gasteiger partial charge is 0.279 e. The first kappa shape index (κ1) is 14.5. The van der Waals surface area contributed by atoms with Crippen LogP contribution in [0.2, 0.25) is 0 Å². The van der Waals surface area contributed by atoms with E-state index in [0.717, 1.165) is 6.54 Å². The van der Waals surface area contributed by atoms with E-state index < -0.39 is 10.0 Å². The van der Waals surface area contributed by atoms with Gasteiger partial charge < -0.3 is 5.32 Å². The largest absolute Gasteiger partial charge is 0.313 e. The molecule has 0 saturated carbocycles. The number of aryl methyl sites for hydroxylation is 2. The van der Waals surface area contributed by atoms with Crippen LogP contribution in [0.15, 0.2) is 11.2 Å². The molecule has 0 bridgehead atoms. The van der Waals surface area contributed by atoms with Crippen LogP contribution in [-0.4, -0.2) is 35.4 Å². The van der Waals surface area contributed by atoms with Crippen LogP contribution in [0.3, 0.4) is 0 Å². The van der Waals surface area contributed by atoms with Gasteiger partial charge in [-0.25, -0.2) is 0 Å². The van der Waals surface area contributed by atoms with Crippen LogP contribution >= 0.6 is 0 Å². The Morgan fingerprint density at radius 2 is 2.05 bits per heavy atom. The minimum absolute atomic E-state index is 0.0680. The minimum Gasteiger partial charge on any atom is -0.313 e. The molecule has 0 amide bonds. The molecule has 0 aliphatic heterocycles. The summed E-state index contributed by atoms with van der Waals surface area (Å²) in [5.74, 6) is 0. The summed E-state index contributed by atoms with van der Waals surface area (Å²) in [5, 5.41) is 16.2. The first-order valence-corrected chi connectivity index (χ1v) is 7.71. The Kier molecular flexibility index (Phi) is 4.09. The van der Waals surface area contributed by atoms with Crippen LogP contribution in [0.4, 0.5) is 5.69 Å². The summed E-state index contributed by atoms with van der Waals surface area (Å²) in [6.07, 6.45) is 1.51. The lowest BCUT2D eigenvalue weighted by Gasteiger charge is -2.08. The zero-order chi connectivity index (χ0) is 14.8. The van der Waals surface area contributed by atoms with Crippen LogP contribution < -0.4 is 10.0 Å². The summed E-state index contributed by atoms with van der Waals surface area (Å²) in [5.41, 5.74) is 2.32. The number of rotatable bonds is 6. The predicted molar refractivity (Wildman–Crippen MR) is 74.8 cm³/mol. The highest BCUT2D eigenvalue weighted by molar-refractivity contribution is 7.92. The Morgan fingerprint density at radius 1 is 1.30 bits per heavy atom. The van der Waals surface area contributed by atoms with E-state index in [4.69, 9.17) is 0 Å². The summed E-state index contributed by atoms with van der Waals surface area (Å²) < 4.78 is 27.3. The number of nitrogens with zero attached hydrogens (tertiary/aromatic N) is 2. The standard InChI is InChI=1S/C11H18N6O2S/c1-4-12-5-9-6-13-16-11(9)20(18,19)17-10-7(2)14-15-8(10)3/h6,12,17H,4-5H2,1-3H3,(H,13,16)(H,14,15). The Labute approximate surface area is 117 Å². The molecule has 0 aliphatic carbocycles. The Bertz CT molecular complexity index is 668. The number of aromatic nitrogens is 4. The molecular formula is C11H18N6O2S. The molecule has 0 aromatic carbocycles. The molecule has 0 unspecified atom stereocenters. The van der Waals surface area contributed by atoms with Gasteiger partial charge in [0.25, 0.3) is 10.0 Å². The molecular weight excluding hydrogens is 280 g/mol. The summed E-state index contributed by atoms with van der Waals surface area (Å²) in [6.45, 7) is 6.62. The molecule has 8 nitrogen and oxygen atoms in total. The van der Waals surface area contributed by atoms with E-state index >= 15 is 0 Å². The van der Waals surface area contributed by atoms with Gasteiger partial charge in [0.15, 0.2) is 5.03 Å². The van der Waals surface area contributed by atoms with Crippen molar-refractivity contribution in [1.82, 2.24) is 25.7 Å². The highest BCUT2D eigenvalue weighted by Gasteiger charge is 2.23. The van der Waals surface area contributed by atoms with Gasteiger partial charge in [0.05, 0.1) is 23.3 Å². The van der Waals surface area contributed by atoms with Gasteiger partial charge >= 0.3 is 0 Å². The van der Waals surface area contributed by atoms with E-state index in [9.17, 15) is 8.42 Å². The van der Waals surface area contributed by atoms with Gasteiger partial charge in [-0.15, -0.1) is 0 Å². The first-order chi connectivity index (χ1) is 9.45. The molecule has 0 saturated heterocycles. The van der Waals surface area contributed by atoms with Gasteiger partial charge in [-0.05, 0) is 20.4 Å². The van der Waals surface area contributed by atoms with Crippen molar-refractivity contribution in [2.45, 2.75) is 32.3 Å². The van der Waals surface area contributed by atoms with Crippen LogP contribution in [0.1, 0.15) is 23.9 Å². The lowest BCUT2D eigenvalue weighted by molar-refractivity contribution is 0.594. The maximum absolute atomic E-state index is 12.4. The molecule has 20 heavy (non-hydrogen) atoms. The molecule has 2 aromatic heterocycles. The second-order valence-corrected chi connectivity index (χ2v) is 6.04. The summed E-state index contributed by atoms with van der Waals surface area (Å²) in [6, 6.07) is 0. The van der Waals surface area contributed by atoms with Crippen molar-refractivity contribution in [3.05, 3.63) is 23.1 Å². The SMILES string of the molecule is CCNCc1cn[nH]c1S(=O)(=O)Nc1c(C)n[nH]c1C. The molecule has 0 radical (unpaired) electrons. The van der Waals surface area contributed by atoms with E-state index in [-0.39, 0.29) is 5.03 Å². The molecule has 2 heterocycles. The minimum atomic E-state index is -3.71. The van der Waals surface area contributed by atoms with Gasteiger partial charge in [-0.1, -0.05) is 6.92 Å². The Balaban J connectivity index is 2.29. The first-order valence-electron chi connectivity index (χ1n) is 6.23. The lowest BCUT2D eigenvalue weighted by Crippen LogP contribution is -2.19. The molecule has 0 spiro atoms. The fourth-order valence-electron chi connectivity index (χ4n) is 1.80. The number of aromatic amines is 2. The molecule has 110 valence electrons. The fraction of sp³-hybridized carbons (Fsp3) is 0.455. The van der Waals surface area contributed by atoms with Gasteiger partial charge in [0.2, 0.25) is 0 Å². The molecule has 0 atom stereocenters. The number of hydrogen-bond donors (Lipinski definition) is 4. The van der Waals surface area contributed by atoms with Crippen molar-refractivity contribution in [2.75, 3.05) is 11.3 Å². The lowest BCUT2D eigenvalue weighted by atomic mass is 10.3. The van der Waals surface area contributed by atoms with Crippen molar-refractivity contribution in [3.8, 4) is 0 Å². The average molecular weight is 298 g/mol. The van der Waals surface area contributed by atoms with E-state index in [1.165, 1.54) is 6.20 Å². The van der Waals surface area contributed by atoms with Gasteiger partial charge in [-0.2, -0.15) is 18.6 Å². The van der Waals surface area contributed by atoms with E-state index in [0.29, 0.717) is 29.2 Å². The second-order valence-electron chi connectivity index (χ2n) is 4.42. The van der Waals surface area contributed by atoms with E-state index in [2.05, 4.69) is 30.4 Å². The van der Waals surface area contributed by atoms with Crippen molar-refractivity contribution in [3.63, 3.8) is 0 Å². The zero-order valence-electron chi connectivity index (χ0n) is 11.6. The van der Waals surface area contributed by atoms with Crippen LogP contribution in [0.25, 0.3) is 0 Å². The van der Waals surface area contributed by atoms with E-state index in [1.54, 1.807) is 13.8 Å². The summed E-state index contributed by atoms with van der Waals surface area (Å²) in [4.78, 5) is 0. The van der Waals surface area contributed by atoms with Crippen molar-refractivity contribution in [2.24, 2.45) is 0 Å². The summed E-state index contributed by atoms with van der Waals surface area (Å²) in [7, 11) is -3.71.